The molecular weight excluding hydrogens is 544 g/mol. The Morgan fingerprint density at radius 2 is 1.49 bits per heavy atom. The highest BCUT2D eigenvalue weighted by Crippen LogP contribution is 2.36. The summed E-state index contributed by atoms with van der Waals surface area (Å²) in [4.78, 5) is 17.0. The summed E-state index contributed by atoms with van der Waals surface area (Å²) >= 11 is 0. The molecule has 6 rings (SSSR count). The van der Waals surface area contributed by atoms with E-state index in [1.165, 1.54) is 16.7 Å². The third-order valence-electron chi connectivity index (χ3n) is 7.80. The van der Waals surface area contributed by atoms with Crippen molar-refractivity contribution in [2.24, 2.45) is 0 Å². The van der Waals surface area contributed by atoms with Crippen LogP contribution in [0.2, 0.25) is 0 Å². The number of nitrogens with one attached hydrogen (secondary N) is 1. The lowest BCUT2D eigenvalue weighted by molar-refractivity contribution is 0.353. The molecule has 0 aliphatic carbocycles. The summed E-state index contributed by atoms with van der Waals surface area (Å²) in [5.41, 5.74) is 6.31. The van der Waals surface area contributed by atoms with E-state index < -0.39 is 0 Å². The number of fused-ring (bicyclic) bond motifs is 2. The SMILES string of the molecule is COc1ccc(CCNc2nc(N3CCc4cc(OC)c(OC)cc4C3)c3ncn(Cc4ccccc4)c3n2)cc1OC. The van der Waals surface area contributed by atoms with Gasteiger partial charge in [0, 0.05) is 19.6 Å². The number of hydrogen-bond acceptors (Lipinski definition) is 9. The largest absolute Gasteiger partial charge is 0.493 e. The van der Waals surface area contributed by atoms with Crippen molar-refractivity contribution < 1.29 is 18.9 Å². The second kappa shape index (κ2) is 12.5. The second-order valence-electron chi connectivity index (χ2n) is 10.4. The standard InChI is InChI=1S/C33H36N6O4/c1-40-26-11-10-22(16-27(26)41-2)12-14-34-33-36-31(30-32(37-33)39(21-35-30)19-23-8-6-5-7-9-23)38-15-13-24-17-28(42-3)29(43-4)18-25(24)20-38/h5-11,16-18,21H,12-15,19-20H2,1-4H3,(H,34,36,37). The maximum Gasteiger partial charge on any atom is 0.226 e. The summed E-state index contributed by atoms with van der Waals surface area (Å²) in [6, 6.07) is 20.5. The third-order valence-corrected chi connectivity index (χ3v) is 7.80. The number of methoxy groups -OCH3 is 4. The van der Waals surface area contributed by atoms with Crippen molar-refractivity contribution >= 4 is 22.9 Å². The molecule has 2 aromatic heterocycles. The fraction of sp³-hybridized carbons (Fsp3) is 0.303. The molecule has 0 bridgehead atoms. The highest BCUT2D eigenvalue weighted by Gasteiger charge is 2.24. The van der Waals surface area contributed by atoms with E-state index in [0.29, 0.717) is 37.1 Å². The lowest BCUT2D eigenvalue weighted by atomic mass is 9.98. The zero-order chi connectivity index (χ0) is 29.8. The Bertz CT molecular complexity index is 1720. The zero-order valence-electron chi connectivity index (χ0n) is 25.0. The first-order chi connectivity index (χ1) is 21.1. The second-order valence-corrected chi connectivity index (χ2v) is 10.4. The van der Waals surface area contributed by atoms with Gasteiger partial charge < -0.3 is 33.7 Å². The summed E-state index contributed by atoms with van der Waals surface area (Å²) in [5, 5.41) is 3.47. The summed E-state index contributed by atoms with van der Waals surface area (Å²) in [5.74, 6) is 4.27. The van der Waals surface area contributed by atoms with Crippen LogP contribution in [0.4, 0.5) is 11.8 Å². The Hall–Kier alpha value is -4.99. The Kier molecular flexibility index (Phi) is 8.17. The molecule has 1 aliphatic heterocycles. The molecule has 5 aromatic rings. The number of benzene rings is 3. The van der Waals surface area contributed by atoms with Crippen LogP contribution < -0.4 is 29.2 Å². The van der Waals surface area contributed by atoms with E-state index in [1.54, 1.807) is 28.4 Å². The number of anilines is 2. The van der Waals surface area contributed by atoms with E-state index in [4.69, 9.17) is 33.9 Å². The van der Waals surface area contributed by atoms with E-state index in [1.807, 2.05) is 42.7 Å². The van der Waals surface area contributed by atoms with E-state index >= 15 is 0 Å². The fourth-order valence-corrected chi connectivity index (χ4v) is 5.54. The first kappa shape index (κ1) is 28.1. The summed E-state index contributed by atoms with van der Waals surface area (Å²) in [6.45, 7) is 2.79. The number of rotatable bonds is 11. The monoisotopic (exact) mass is 580 g/mol. The van der Waals surface area contributed by atoms with Crippen LogP contribution in [0.3, 0.4) is 0 Å². The van der Waals surface area contributed by atoms with Crippen molar-refractivity contribution in [1.82, 2.24) is 19.5 Å². The first-order valence-electron chi connectivity index (χ1n) is 14.3. The molecule has 0 radical (unpaired) electrons. The molecule has 0 spiro atoms. The smallest absolute Gasteiger partial charge is 0.226 e. The topological polar surface area (TPSA) is 95.8 Å². The Morgan fingerprint density at radius 3 is 2.23 bits per heavy atom. The molecule has 0 saturated carbocycles. The maximum atomic E-state index is 5.59. The van der Waals surface area contributed by atoms with E-state index in [0.717, 1.165) is 53.4 Å². The average molecular weight is 581 g/mol. The molecule has 0 unspecified atom stereocenters. The molecule has 222 valence electrons. The van der Waals surface area contributed by atoms with Gasteiger partial charge in [0.15, 0.2) is 40.0 Å². The number of ether oxygens (including phenoxy) is 4. The maximum absolute atomic E-state index is 5.59. The first-order valence-corrected chi connectivity index (χ1v) is 14.3. The molecule has 43 heavy (non-hydrogen) atoms. The molecule has 3 aromatic carbocycles. The Labute approximate surface area is 251 Å². The van der Waals surface area contributed by atoms with Gasteiger partial charge in [0.2, 0.25) is 5.95 Å². The van der Waals surface area contributed by atoms with Gasteiger partial charge in [-0.3, -0.25) is 0 Å². The highest BCUT2D eigenvalue weighted by molar-refractivity contribution is 5.85. The molecule has 0 fully saturated rings. The van der Waals surface area contributed by atoms with Crippen LogP contribution in [0.25, 0.3) is 11.2 Å². The van der Waals surface area contributed by atoms with Gasteiger partial charge in [0.1, 0.15) is 0 Å². The lowest BCUT2D eigenvalue weighted by Gasteiger charge is -2.30. The summed E-state index contributed by atoms with van der Waals surface area (Å²) in [6.07, 6.45) is 3.47. The number of aromatic nitrogens is 4. The molecule has 10 heteroatoms. The van der Waals surface area contributed by atoms with Crippen LogP contribution in [0.1, 0.15) is 22.3 Å². The summed E-state index contributed by atoms with van der Waals surface area (Å²) in [7, 11) is 6.62. The Balaban J connectivity index is 1.31. The van der Waals surface area contributed by atoms with E-state index in [9.17, 15) is 0 Å². The van der Waals surface area contributed by atoms with Crippen LogP contribution >= 0.6 is 0 Å². The predicted octanol–water partition coefficient (Wildman–Crippen LogP) is 5.13. The normalized spacial score (nSPS) is 12.6. The van der Waals surface area contributed by atoms with Gasteiger partial charge in [0.05, 0.1) is 41.3 Å². The molecule has 10 nitrogen and oxygen atoms in total. The van der Waals surface area contributed by atoms with Crippen LogP contribution in [0.5, 0.6) is 23.0 Å². The molecule has 0 atom stereocenters. The fourth-order valence-electron chi connectivity index (χ4n) is 5.54. The van der Waals surface area contributed by atoms with Crippen molar-refractivity contribution in [2.75, 3.05) is 51.7 Å². The quantitative estimate of drug-likeness (QED) is 0.228. The van der Waals surface area contributed by atoms with Gasteiger partial charge in [-0.25, -0.2) is 4.98 Å². The minimum Gasteiger partial charge on any atom is -0.493 e. The predicted molar refractivity (Wildman–Crippen MR) is 167 cm³/mol. The number of hydrogen-bond donors (Lipinski definition) is 1. The van der Waals surface area contributed by atoms with Crippen LogP contribution in [-0.4, -0.2) is 61.0 Å². The molecule has 1 aliphatic rings. The molecule has 3 heterocycles. The van der Waals surface area contributed by atoms with E-state index in [2.05, 4.69) is 39.0 Å². The average Bonchev–Trinajstić information content (AvgIpc) is 3.45. The number of nitrogens with zero attached hydrogens (tertiary/aromatic N) is 5. The van der Waals surface area contributed by atoms with Crippen LogP contribution in [0, 0.1) is 0 Å². The van der Waals surface area contributed by atoms with Crippen molar-refractivity contribution in [3.05, 3.63) is 89.2 Å². The minimum atomic E-state index is 0.566. The minimum absolute atomic E-state index is 0.566. The van der Waals surface area contributed by atoms with Crippen LogP contribution in [-0.2, 0) is 25.9 Å². The Morgan fingerprint density at radius 1 is 0.767 bits per heavy atom. The zero-order valence-corrected chi connectivity index (χ0v) is 25.0. The van der Waals surface area contributed by atoms with Gasteiger partial charge in [0.25, 0.3) is 0 Å². The van der Waals surface area contributed by atoms with Gasteiger partial charge in [-0.1, -0.05) is 36.4 Å². The van der Waals surface area contributed by atoms with Gasteiger partial charge >= 0.3 is 0 Å². The van der Waals surface area contributed by atoms with E-state index in [-0.39, 0.29) is 0 Å². The molecule has 0 amide bonds. The van der Waals surface area contributed by atoms with Crippen molar-refractivity contribution in [2.45, 2.75) is 25.9 Å². The van der Waals surface area contributed by atoms with Gasteiger partial charge in [-0.15, -0.1) is 0 Å². The van der Waals surface area contributed by atoms with Crippen molar-refractivity contribution in [3.63, 3.8) is 0 Å². The summed E-state index contributed by atoms with van der Waals surface area (Å²) < 4.78 is 24.1. The molecule has 1 N–H and O–H groups in total. The highest BCUT2D eigenvalue weighted by atomic mass is 16.5. The number of imidazole rings is 1. The van der Waals surface area contributed by atoms with Crippen molar-refractivity contribution in [1.29, 1.82) is 0 Å². The van der Waals surface area contributed by atoms with Crippen LogP contribution in [0.15, 0.2) is 67.0 Å². The van der Waals surface area contributed by atoms with Gasteiger partial charge in [-0.05, 0) is 59.4 Å². The molecule has 0 saturated heterocycles. The molecular formula is C33H36N6O4. The third kappa shape index (κ3) is 5.86. The van der Waals surface area contributed by atoms with Crippen molar-refractivity contribution in [3.8, 4) is 23.0 Å². The van der Waals surface area contributed by atoms with Gasteiger partial charge in [-0.2, -0.15) is 9.97 Å². The lowest BCUT2D eigenvalue weighted by Crippen LogP contribution is -2.31.